The van der Waals surface area contributed by atoms with Crippen molar-refractivity contribution in [3.8, 4) is 0 Å². The highest BCUT2D eigenvalue weighted by molar-refractivity contribution is 6.33. The lowest BCUT2D eigenvalue weighted by molar-refractivity contribution is -0.144. The van der Waals surface area contributed by atoms with Crippen LogP contribution in [0.15, 0.2) is 18.2 Å². The maximum absolute atomic E-state index is 13.6. The van der Waals surface area contributed by atoms with Gasteiger partial charge in [0.15, 0.2) is 0 Å². The number of hydrogen-bond donors (Lipinski definition) is 1. The van der Waals surface area contributed by atoms with Gasteiger partial charge in [-0.1, -0.05) is 31.0 Å². The van der Waals surface area contributed by atoms with E-state index in [1.807, 2.05) is 6.92 Å². The molecule has 1 atom stereocenters. The molecule has 18 heavy (non-hydrogen) atoms. The van der Waals surface area contributed by atoms with Gasteiger partial charge in [-0.2, -0.15) is 0 Å². The Morgan fingerprint density at radius 2 is 2.22 bits per heavy atom. The van der Waals surface area contributed by atoms with E-state index >= 15 is 0 Å². The zero-order valence-electron chi connectivity index (χ0n) is 10.5. The lowest BCUT2D eigenvalue weighted by Gasteiger charge is -2.18. The van der Waals surface area contributed by atoms with Crippen LogP contribution >= 0.6 is 11.6 Å². The summed E-state index contributed by atoms with van der Waals surface area (Å²) in [7, 11) is 0. The van der Waals surface area contributed by atoms with Crippen LogP contribution in [0.2, 0.25) is 5.02 Å². The van der Waals surface area contributed by atoms with E-state index in [-0.39, 0.29) is 10.7 Å². The molecule has 0 saturated heterocycles. The Bertz CT molecular complexity index is 392. The van der Waals surface area contributed by atoms with Crippen molar-refractivity contribution in [2.45, 2.75) is 32.7 Å². The molecule has 0 heterocycles. The fourth-order valence-electron chi connectivity index (χ4n) is 1.59. The van der Waals surface area contributed by atoms with E-state index in [1.165, 1.54) is 12.1 Å². The molecule has 0 amide bonds. The lowest BCUT2D eigenvalue weighted by atomic mass is 10.1. The molecular formula is C13H17ClFNO2. The standard InChI is InChI=1S/C13H17ClFNO2/c1-3-6-11(13(17)18-4-2)16-12-9(14)7-5-8-10(12)15/h5,7-8,11,16H,3-4,6H2,1-2H3. The largest absolute Gasteiger partial charge is 0.464 e. The van der Waals surface area contributed by atoms with Gasteiger partial charge >= 0.3 is 5.97 Å². The quantitative estimate of drug-likeness (QED) is 0.805. The van der Waals surface area contributed by atoms with Crippen molar-refractivity contribution >= 4 is 23.3 Å². The van der Waals surface area contributed by atoms with Gasteiger partial charge in [0.2, 0.25) is 0 Å². The molecule has 0 saturated carbocycles. The lowest BCUT2D eigenvalue weighted by Crippen LogP contribution is -2.31. The van der Waals surface area contributed by atoms with E-state index in [9.17, 15) is 9.18 Å². The summed E-state index contributed by atoms with van der Waals surface area (Å²) in [5, 5.41) is 3.07. The molecule has 3 nitrogen and oxygen atoms in total. The first kappa shape index (κ1) is 14.8. The van der Waals surface area contributed by atoms with Gasteiger partial charge < -0.3 is 10.1 Å². The van der Waals surface area contributed by atoms with E-state index in [2.05, 4.69) is 5.32 Å². The minimum Gasteiger partial charge on any atom is -0.464 e. The zero-order chi connectivity index (χ0) is 13.5. The molecule has 1 N–H and O–H groups in total. The van der Waals surface area contributed by atoms with Gasteiger partial charge in [0.1, 0.15) is 11.9 Å². The second-order valence-electron chi connectivity index (χ2n) is 3.83. The molecule has 1 aromatic carbocycles. The second kappa shape index (κ2) is 7.21. The Balaban J connectivity index is 2.86. The summed E-state index contributed by atoms with van der Waals surface area (Å²) < 4.78 is 18.5. The zero-order valence-corrected chi connectivity index (χ0v) is 11.3. The van der Waals surface area contributed by atoms with Gasteiger partial charge in [-0.05, 0) is 25.5 Å². The maximum atomic E-state index is 13.6. The van der Waals surface area contributed by atoms with Gasteiger partial charge in [0.05, 0.1) is 17.3 Å². The molecule has 0 aromatic heterocycles. The molecule has 5 heteroatoms. The van der Waals surface area contributed by atoms with Crippen molar-refractivity contribution in [3.05, 3.63) is 29.0 Å². The molecule has 1 unspecified atom stereocenters. The first-order valence-electron chi connectivity index (χ1n) is 5.97. The summed E-state index contributed by atoms with van der Waals surface area (Å²) in [5.74, 6) is -0.869. The Kier molecular flexibility index (Phi) is 5.92. The molecule has 0 fully saturated rings. The summed E-state index contributed by atoms with van der Waals surface area (Å²) >= 11 is 5.90. The van der Waals surface area contributed by atoms with Crippen LogP contribution in [0, 0.1) is 5.82 Å². The van der Waals surface area contributed by atoms with Crippen LogP contribution in [0.4, 0.5) is 10.1 Å². The van der Waals surface area contributed by atoms with Gasteiger partial charge in [0.25, 0.3) is 0 Å². The van der Waals surface area contributed by atoms with Crippen molar-refractivity contribution in [2.24, 2.45) is 0 Å². The third kappa shape index (κ3) is 3.88. The van der Waals surface area contributed by atoms with E-state index in [0.29, 0.717) is 13.0 Å². The summed E-state index contributed by atoms with van der Waals surface area (Å²) in [4.78, 5) is 11.7. The number of benzene rings is 1. The molecular weight excluding hydrogens is 257 g/mol. The number of rotatable bonds is 6. The molecule has 0 radical (unpaired) electrons. The van der Waals surface area contributed by atoms with E-state index in [0.717, 1.165) is 6.42 Å². The number of carbonyl (C=O) groups excluding carboxylic acids is 1. The van der Waals surface area contributed by atoms with Gasteiger partial charge in [-0.15, -0.1) is 0 Å². The first-order chi connectivity index (χ1) is 8.60. The van der Waals surface area contributed by atoms with E-state index in [4.69, 9.17) is 16.3 Å². The molecule has 0 aliphatic carbocycles. The van der Waals surface area contributed by atoms with Gasteiger partial charge in [-0.3, -0.25) is 0 Å². The van der Waals surface area contributed by atoms with Crippen LogP contribution in [0.5, 0.6) is 0 Å². The number of para-hydroxylation sites is 1. The van der Waals surface area contributed by atoms with Gasteiger partial charge in [0, 0.05) is 0 Å². The van der Waals surface area contributed by atoms with Crippen LogP contribution < -0.4 is 5.32 Å². The van der Waals surface area contributed by atoms with Crippen molar-refractivity contribution < 1.29 is 13.9 Å². The van der Waals surface area contributed by atoms with Crippen molar-refractivity contribution in [2.75, 3.05) is 11.9 Å². The van der Waals surface area contributed by atoms with Gasteiger partial charge in [-0.25, -0.2) is 9.18 Å². The van der Waals surface area contributed by atoms with Crippen molar-refractivity contribution in [1.29, 1.82) is 0 Å². The van der Waals surface area contributed by atoms with Crippen molar-refractivity contribution in [3.63, 3.8) is 0 Å². The topological polar surface area (TPSA) is 38.3 Å². The predicted octanol–water partition coefficient (Wildman–Crippen LogP) is 3.62. The highest BCUT2D eigenvalue weighted by Crippen LogP contribution is 2.26. The minimum absolute atomic E-state index is 0.144. The molecule has 1 aromatic rings. The SMILES string of the molecule is CCCC(Nc1c(F)cccc1Cl)C(=O)OCC. The van der Waals surface area contributed by atoms with Crippen LogP contribution in [-0.4, -0.2) is 18.6 Å². The Labute approximate surface area is 111 Å². The fraction of sp³-hybridized carbons (Fsp3) is 0.462. The third-order valence-corrected chi connectivity index (χ3v) is 2.74. The molecule has 1 rings (SSSR count). The number of esters is 1. The number of nitrogens with one attached hydrogen (secondary N) is 1. The van der Waals surface area contributed by atoms with Crippen LogP contribution in [0.1, 0.15) is 26.7 Å². The third-order valence-electron chi connectivity index (χ3n) is 2.43. The summed E-state index contributed by atoms with van der Waals surface area (Å²) in [6.45, 7) is 3.97. The number of halogens is 2. The number of carbonyl (C=O) groups is 1. The predicted molar refractivity (Wildman–Crippen MR) is 70.4 cm³/mol. The van der Waals surface area contributed by atoms with Crippen LogP contribution in [-0.2, 0) is 9.53 Å². The Hall–Kier alpha value is -1.29. The minimum atomic E-state index is -0.579. The first-order valence-corrected chi connectivity index (χ1v) is 6.35. The molecule has 0 spiro atoms. The molecule has 0 bridgehead atoms. The highest BCUT2D eigenvalue weighted by atomic mass is 35.5. The fourth-order valence-corrected chi connectivity index (χ4v) is 1.81. The number of ether oxygens (including phenoxy) is 1. The maximum Gasteiger partial charge on any atom is 0.328 e. The Morgan fingerprint density at radius 1 is 1.50 bits per heavy atom. The molecule has 100 valence electrons. The second-order valence-corrected chi connectivity index (χ2v) is 4.24. The van der Waals surface area contributed by atoms with E-state index < -0.39 is 17.8 Å². The summed E-state index contributed by atoms with van der Waals surface area (Å²) in [6.07, 6.45) is 1.34. The average molecular weight is 274 g/mol. The average Bonchev–Trinajstić information content (AvgIpc) is 2.33. The number of anilines is 1. The monoisotopic (exact) mass is 273 g/mol. The van der Waals surface area contributed by atoms with E-state index in [1.54, 1.807) is 13.0 Å². The molecule has 0 aliphatic rings. The Morgan fingerprint density at radius 3 is 2.78 bits per heavy atom. The number of hydrogen-bond acceptors (Lipinski definition) is 3. The normalized spacial score (nSPS) is 12.0. The van der Waals surface area contributed by atoms with Crippen LogP contribution in [0.3, 0.4) is 0 Å². The summed E-state index contributed by atoms with van der Waals surface area (Å²) in [5.41, 5.74) is 0.144. The van der Waals surface area contributed by atoms with Crippen LogP contribution in [0.25, 0.3) is 0 Å². The highest BCUT2D eigenvalue weighted by Gasteiger charge is 2.21. The van der Waals surface area contributed by atoms with Crippen molar-refractivity contribution in [1.82, 2.24) is 0 Å². The smallest absolute Gasteiger partial charge is 0.328 e. The summed E-state index contributed by atoms with van der Waals surface area (Å²) in [6, 6.07) is 3.80. The molecule has 0 aliphatic heterocycles.